The molecule has 0 radical (unpaired) electrons. The maximum Gasteiger partial charge on any atom is 0.242 e. The number of benzene rings is 2. The summed E-state index contributed by atoms with van der Waals surface area (Å²) in [6.07, 6.45) is 0.369. The summed E-state index contributed by atoms with van der Waals surface area (Å²) in [5.74, 6) is -0.945. The summed E-state index contributed by atoms with van der Waals surface area (Å²) >= 11 is 4.18. The van der Waals surface area contributed by atoms with Crippen molar-refractivity contribution in [1.29, 1.82) is 0 Å². The molecule has 162 valence electrons. The first kappa shape index (κ1) is 24.1. The Morgan fingerprint density at radius 1 is 1.30 bits per heavy atom. The molecule has 10 heteroatoms. The van der Waals surface area contributed by atoms with Crippen LogP contribution >= 0.6 is 11.6 Å². The van der Waals surface area contributed by atoms with Gasteiger partial charge in [-0.3, -0.25) is 4.79 Å². The molecule has 3 atom stereocenters. The highest BCUT2D eigenvalue weighted by molar-refractivity contribution is 7.80. The van der Waals surface area contributed by atoms with E-state index in [1.807, 2.05) is 26.0 Å². The topological polar surface area (TPSA) is 90.9 Å². The predicted molar refractivity (Wildman–Crippen MR) is 118 cm³/mol. The van der Waals surface area contributed by atoms with Crippen LogP contribution in [0.3, 0.4) is 0 Å². The van der Waals surface area contributed by atoms with Gasteiger partial charge >= 0.3 is 0 Å². The van der Waals surface area contributed by atoms with Crippen LogP contribution in [0.15, 0.2) is 47.6 Å². The van der Waals surface area contributed by atoms with Crippen LogP contribution in [0.2, 0.25) is 5.02 Å². The van der Waals surface area contributed by atoms with E-state index >= 15 is 0 Å². The van der Waals surface area contributed by atoms with Gasteiger partial charge in [-0.1, -0.05) is 54.9 Å². The van der Waals surface area contributed by atoms with Gasteiger partial charge in [0, 0.05) is 18.8 Å². The van der Waals surface area contributed by atoms with Crippen LogP contribution in [-0.4, -0.2) is 27.5 Å². The van der Waals surface area contributed by atoms with Crippen molar-refractivity contribution in [3.05, 3.63) is 69.3 Å². The normalized spacial score (nSPS) is 21.3. The number of hydrogen-bond acceptors (Lipinski definition) is 4. The van der Waals surface area contributed by atoms with Gasteiger partial charge in [-0.25, -0.2) is 17.6 Å². The van der Waals surface area contributed by atoms with Crippen LogP contribution in [-0.2, 0) is 22.5 Å². The lowest BCUT2D eigenvalue weighted by atomic mass is 9.98. The molecule has 3 rings (SSSR count). The van der Waals surface area contributed by atoms with Crippen LogP contribution in [0.4, 0.5) is 10.1 Å². The quantitative estimate of drug-likeness (QED) is 0.659. The van der Waals surface area contributed by atoms with Gasteiger partial charge in [-0.05, 0) is 35.7 Å². The Labute approximate surface area is 182 Å². The number of carbonyl (C=O) groups excluding carboxylic acids is 1. The van der Waals surface area contributed by atoms with E-state index in [1.54, 1.807) is 19.2 Å². The number of likely N-dealkylation sites (N-methyl/N-ethyl adjacent to an activating group) is 1. The maximum absolute atomic E-state index is 13.3. The molecule has 0 saturated carbocycles. The molecular weight excluding hydrogens is 431 g/mol. The highest BCUT2D eigenvalue weighted by Crippen LogP contribution is 2.28. The molecule has 1 aliphatic rings. The van der Waals surface area contributed by atoms with Crippen molar-refractivity contribution in [3.63, 3.8) is 0 Å². The average Bonchev–Trinajstić information content (AvgIpc) is 2.75. The van der Waals surface area contributed by atoms with Gasteiger partial charge in [0.25, 0.3) is 0 Å². The summed E-state index contributed by atoms with van der Waals surface area (Å²) in [5.41, 5.74) is 1.98. The molecule has 2 aromatic carbocycles. The minimum Gasteiger partial charge on any atom is -0.325 e. The van der Waals surface area contributed by atoms with Crippen LogP contribution in [0.25, 0.3) is 0 Å². The van der Waals surface area contributed by atoms with Gasteiger partial charge in [-0.2, -0.15) is 4.91 Å². The average molecular weight is 455 g/mol. The second-order valence-corrected chi connectivity index (χ2v) is 8.08. The van der Waals surface area contributed by atoms with Crippen molar-refractivity contribution < 1.29 is 13.4 Å². The molecule has 1 amide bonds. The predicted octanol–water partition coefficient (Wildman–Crippen LogP) is 4.32. The molecule has 2 N–H and O–H groups in total. The number of nitrogens with zero attached hydrogens (tertiary/aromatic N) is 2. The molecule has 7 nitrogen and oxygen atoms in total. The van der Waals surface area contributed by atoms with Gasteiger partial charge in [0.1, 0.15) is 18.4 Å². The highest BCUT2D eigenvalue weighted by atomic mass is 35.5. The summed E-state index contributed by atoms with van der Waals surface area (Å²) < 4.78 is 30.1. The van der Waals surface area contributed by atoms with E-state index in [9.17, 15) is 18.3 Å². The Morgan fingerprint density at radius 2 is 1.97 bits per heavy atom. The van der Waals surface area contributed by atoms with Gasteiger partial charge in [0.2, 0.25) is 5.91 Å². The molecule has 0 spiro atoms. The first-order valence-corrected chi connectivity index (χ1v) is 10.9. The summed E-state index contributed by atoms with van der Waals surface area (Å²) in [6, 6.07) is 10.1. The number of hydrogen-bond donors (Lipinski definition) is 2. The zero-order chi connectivity index (χ0) is 22.3. The zero-order valence-electron chi connectivity index (χ0n) is 16.9. The van der Waals surface area contributed by atoms with Gasteiger partial charge < -0.3 is 5.32 Å². The monoisotopic (exact) mass is 454 g/mol. The third-order valence-electron chi connectivity index (χ3n) is 4.52. The Morgan fingerprint density at radius 3 is 2.57 bits per heavy atom. The molecule has 1 saturated heterocycles. The fourth-order valence-electron chi connectivity index (χ4n) is 2.95. The number of carbonyl (C=O) groups is 1. The summed E-state index contributed by atoms with van der Waals surface area (Å²) in [7, 11) is 1.58. The third kappa shape index (κ3) is 5.91. The van der Waals surface area contributed by atoms with Gasteiger partial charge in [0.05, 0.1) is 5.02 Å². The smallest absolute Gasteiger partial charge is 0.242 e. The Hall–Kier alpha value is -2.20. The van der Waals surface area contributed by atoms with Crippen LogP contribution < -0.4 is 10.0 Å². The summed E-state index contributed by atoms with van der Waals surface area (Å²) in [6.45, 7) is 4.08. The largest absolute Gasteiger partial charge is 0.325 e. The van der Waals surface area contributed by atoms with E-state index in [4.69, 9.17) is 11.6 Å². The molecule has 2 aromatic rings. The van der Waals surface area contributed by atoms with Gasteiger partial charge in [0.15, 0.2) is 11.2 Å². The lowest BCUT2D eigenvalue weighted by molar-refractivity contribution is -0.120. The lowest BCUT2D eigenvalue weighted by Crippen LogP contribution is -2.53. The minimum absolute atomic E-state index is 0.0817. The van der Waals surface area contributed by atoms with Crippen molar-refractivity contribution in [2.24, 2.45) is 5.18 Å². The van der Waals surface area contributed by atoms with E-state index in [1.165, 1.54) is 22.5 Å². The van der Waals surface area contributed by atoms with Crippen LogP contribution in [0, 0.1) is 10.7 Å². The lowest BCUT2D eigenvalue weighted by Gasteiger charge is -2.35. The number of nitroso groups, excluding NO2 is 1. The molecule has 3 unspecified atom stereocenters. The summed E-state index contributed by atoms with van der Waals surface area (Å²) in [4.78, 5) is 23.1. The van der Waals surface area contributed by atoms with Crippen molar-refractivity contribution in [2.45, 2.75) is 38.9 Å². The van der Waals surface area contributed by atoms with Crippen LogP contribution in [0.5, 0.6) is 0 Å². The van der Waals surface area contributed by atoms with E-state index in [0.717, 1.165) is 11.1 Å². The van der Waals surface area contributed by atoms with Crippen LogP contribution in [0.1, 0.15) is 37.4 Å². The fraction of sp³-hybridized carbons (Fsp3) is 0.350. The molecule has 1 heterocycles. The number of rotatable bonds is 5. The van der Waals surface area contributed by atoms with Crippen molar-refractivity contribution >= 4 is 34.4 Å². The van der Waals surface area contributed by atoms with E-state index < -0.39 is 23.0 Å². The number of nitrogens with one attached hydrogen (secondary N) is 2. The number of halogens is 2. The van der Waals surface area contributed by atoms with Crippen molar-refractivity contribution in [1.82, 2.24) is 9.03 Å². The molecular formula is C20H24ClFN4O3S. The molecule has 1 aliphatic heterocycles. The standard InChI is InChI=1S/C18H18ClFN4O3S.C2H6/c1-24-17(18(25)22-13-6-7-15(20)14(19)8-13)9-16(23-28(24)27)12-4-2-11(3-5-12)10-21-26;1-2/h2-8,16-17,23H,9-10H2,1H3,(H,22,25);1-2H3. The first-order chi connectivity index (χ1) is 14.4. The van der Waals surface area contributed by atoms with E-state index in [-0.39, 0.29) is 23.5 Å². The Balaban J connectivity index is 0.00000155. The Kier molecular flexibility index (Phi) is 9.04. The Bertz CT molecular complexity index is 913. The molecule has 0 bridgehead atoms. The second-order valence-electron chi connectivity index (χ2n) is 6.36. The zero-order valence-corrected chi connectivity index (χ0v) is 18.5. The number of amides is 1. The maximum atomic E-state index is 13.3. The molecule has 1 fully saturated rings. The SMILES string of the molecule is CC.CN1C(C(=O)Nc2ccc(F)c(Cl)c2)CC(c2ccc(CN=O)cc2)NS1=O. The second kappa shape index (κ2) is 11.3. The fourth-order valence-corrected chi connectivity index (χ4v) is 4.18. The van der Waals surface area contributed by atoms with Crippen molar-refractivity contribution in [3.8, 4) is 0 Å². The molecule has 30 heavy (non-hydrogen) atoms. The third-order valence-corrected chi connectivity index (χ3v) is 6.07. The van der Waals surface area contributed by atoms with Crippen molar-refractivity contribution in [2.75, 3.05) is 12.4 Å². The number of anilines is 1. The highest BCUT2D eigenvalue weighted by Gasteiger charge is 2.36. The molecule has 0 aliphatic carbocycles. The summed E-state index contributed by atoms with van der Waals surface area (Å²) in [5, 5.41) is 5.44. The van der Waals surface area contributed by atoms with E-state index in [0.29, 0.717) is 12.1 Å². The minimum atomic E-state index is -1.57. The van der Waals surface area contributed by atoms with Gasteiger partial charge in [-0.15, -0.1) is 0 Å². The van der Waals surface area contributed by atoms with E-state index in [2.05, 4.69) is 15.2 Å². The molecule has 0 aromatic heterocycles. The first-order valence-electron chi connectivity index (χ1n) is 9.44.